The second-order valence-electron chi connectivity index (χ2n) is 6.36. The van der Waals surface area contributed by atoms with Gasteiger partial charge in [-0.25, -0.2) is 0 Å². The summed E-state index contributed by atoms with van der Waals surface area (Å²) in [7, 11) is 0. The third kappa shape index (κ3) is 1.52. The van der Waals surface area contributed by atoms with Crippen molar-refractivity contribution in [3.05, 3.63) is 0 Å². The molecule has 3 atom stereocenters. The fourth-order valence-corrected chi connectivity index (χ4v) is 4.58. The van der Waals surface area contributed by atoms with Crippen LogP contribution in [-0.4, -0.2) is 59.3 Å². The highest BCUT2D eigenvalue weighted by atomic mass is 15.6. The Kier molecular flexibility index (Phi) is 2.50. The first-order chi connectivity index (χ1) is 8.41. The maximum Gasteiger partial charge on any atom is 0.131 e. The highest BCUT2D eigenvalue weighted by Crippen LogP contribution is 2.49. The molecule has 0 amide bonds. The lowest BCUT2D eigenvalue weighted by Crippen LogP contribution is -2.64. The van der Waals surface area contributed by atoms with Gasteiger partial charge in [0.25, 0.3) is 0 Å². The average Bonchev–Trinajstić information content (AvgIpc) is 2.83. The van der Waals surface area contributed by atoms with E-state index in [0.29, 0.717) is 5.79 Å². The predicted molar refractivity (Wildman–Crippen MR) is 68.7 cm³/mol. The topological polar surface area (TPSA) is 9.49 Å². The molecule has 4 fully saturated rings. The Morgan fingerprint density at radius 2 is 1.35 bits per heavy atom. The van der Waals surface area contributed by atoms with Crippen LogP contribution in [-0.2, 0) is 0 Å². The van der Waals surface area contributed by atoms with E-state index < -0.39 is 0 Å². The van der Waals surface area contributed by atoms with Crippen molar-refractivity contribution in [2.45, 2.75) is 56.8 Å². The Labute approximate surface area is 105 Å². The summed E-state index contributed by atoms with van der Waals surface area (Å²) in [5.74, 6) is 0.377. The number of piperidine rings is 2. The largest absolute Gasteiger partial charge is 0.273 e. The maximum absolute atomic E-state index is 2.84. The van der Waals surface area contributed by atoms with E-state index in [-0.39, 0.29) is 0 Å². The molecule has 0 aromatic rings. The fourth-order valence-electron chi connectivity index (χ4n) is 4.58. The molecule has 0 N–H and O–H groups in total. The summed E-state index contributed by atoms with van der Waals surface area (Å²) in [6.07, 6.45) is 10.0. The van der Waals surface area contributed by atoms with Crippen molar-refractivity contribution < 1.29 is 0 Å². The maximum atomic E-state index is 2.84. The lowest BCUT2D eigenvalue weighted by atomic mass is 10.0. The summed E-state index contributed by atoms with van der Waals surface area (Å²) in [5, 5.41) is 0. The van der Waals surface area contributed by atoms with E-state index in [1.807, 2.05) is 0 Å². The minimum absolute atomic E-state index is 0.377. The smallest absolute Gasteiger partial charge is 0.131 e. The third-order valence-electron chi connectivity index (χ3n) is 5.46. The van der Waals surface area contributed by atoms with Crippen LogP contribution in [0, 0.1) is 0 Å². The minimum atomic E-state index is 0.377. The monoisotopic (exact) mass is 235 g/mol. The number of rotatable bonds is 2. The van der Waals surface area contributed by atoms with E-state index in [0.717, 1.165) is 6.04 Å². The van der Waals surface area contributed by atoms with Gasteiger partial charge in [-0.2, -0.15) is 0 Å². The van der Waals surface area contributed by atoms with Crippen LogP contribution in [0.3, 0.4) is 0 Å². The molecule has 0 spiro atoms. The van der Waals surface area contributed by atoms with Gasteiger partial charge < -0.3 is 0 Å². The Balaban J connectivity index is 1.62. The molecular weight excluding hydrogens is 210 g/mol. The van der Waals surface area contributed by atoms with Crippen LogP contribution in [0.25, 0.3) is 0 Å². The molecule has 0 aromatic heterocycles. The van der Waals surface area contributed by atoms with Crippen molar-refractivity contribution in [3.8, 4) is 0 Å². The molecule has 3 nitrogen and oxygen atoms in total. The van der Waals surface area contributed by atoms with E-state index in [2.05, 4.69) is 14.7 Å². The van der Waals surface area contributed by atoms with E-state index in [4.69, 9.17) is 0 Å². The van der Waals surface area contributed by atoms with Crippen LogP contribution in [0.4, 0.5) is 0 Å². The SMILES string of the molecule is C1CCN(C2(N3CCCC3)CCC3CN32)CC1. The predicted octanol–water partition coefficient (Wildman–Crippen LogP) is 1.70. The van der Waals surface area contributed by atoms with Gasteiger partial charge in [-0.1, -0.05) is 6.42 Å². The number of nitrogens with zero attached hydrogens (tertiary/aromatic N) is 3. The highest BCUT2D eigenvalue weighted by Gasteiger charge is 2.61. The minimum Gasteiger partial charge on any atom is -0.273 e. The molecule has 4 heterocycles. The first-order valence-electron chi connectivity index (χ1n) is 7.68. The van der Waals surface area contributed by atoms with Crippen LogP contribution in [0.5, 0.6) is 0 Å². The summed E-state index contributed by atoms with van der Waals surface area (Å²) in [4.78, 5) is 8.48. The molecular formula is C14H25N3. The number of hydrogen-bond donors (Lipinski definition) is 0. The third-order valence-corrected chi connectivity index (χ3v) is 5.46. The van der Waals surface area contributed by atoms with E-state index in [9.17, 15) is 0 Å². The quantitative estimate of drug-likeness (QED) is 0.674. The first kappa shape index (κ1) is 10.8. The number of hydrogen-bond acceptors (Lipinski definition) is 3. The van der Waals surface area contributed by atoms with Gasteiger partial charge in [0.05, 0.1) is 0 Å². The van der Waals surface area contributed by atoms with Gasteiger partial charge >= 0.3 is 0 Å². The highest BCUT2D eigenvalue weighted by molar-refractivity contribution is 5.10. The number of fused-ring (bicyclic) bond motifs is 1. The molecule has 4 saturated heterocycles. The van der Waals surface area contributed by atoms with Gasteiger partial charge in [-0.15, -0.1) is 0 Å². The molecule has 4 rings (SSSR count). The van der Waals surface area contributed by atoms with Gasteiger partial charge in [0, 0.05) is 38.8 Å². The molecule has 3 heteroatoms. The van der Waals surface area contributed by atoms with Gasteiger partial charge in [-0.05, 0) is 38.5 Å². The van der Waals surface area contributed by atoms with Gasteiger partial charge in [0.15, 0.2) is 0 Å². The Bertz CT molecular complexity index is 294. The summed E-state index contributed by atoms with van der Waals surface area (Å²) in [5.41, 5.74) is 0. The summed E-state index contributed by atoms with van der Waals surface area (Å²) in [6.45, 7) is 6.77. The molecule has 96 valence electrons. The fraction of sp³-hybridized carbons (Fsp3) is 1.00. The van der Waals surface area contributed by atoms with Crippen molar-refractivity contribution in [1.29, 1.82) is 0 Å². The van der Waals surface area contributed by atoms with Crippen LogP contribution in [0.1, 0.15) is 44.9 Å². The number of likely N-dealkylation sites (tertiary alicyclic amines) is 2. The van der Waals surface area contributed by atoms with Gasteiger partial charge in [-0.3, -0.25) is 14.7 Å². The van der Waals surface area contributed by atoms with E-state index in [1.165, 1.54) is 77.7 Å². The van der Waals surface area contributed by atoms with Crippen molar-refractivity contribution in [2.75, 3.05) is 32.7 Å². The van der Waals surface area contributed by atoms with Crippen molar-refractivity contribution in [3.63, 3.8) is 0 Å². The second kappa shape index (κ2) is 3.94. The van der Waals surface area contributed by atoms with Crippen LogP contribution < -0.4 is 0 Å². The zero-order valence-corrected chi connectivity index (χ0v) is 10.9. The summed E-state index contributed by atoms with van der Waals surface area (Å²) in [6, 6.07) is 0.942. The lowest BCUT2D eigenvalue weighted by molar-refractivity contribution is -0.117. The molecule has 4 aliphatic heterocycles. The van der Waals surface area contributed by atoms with Crippen LogP contribution in [0.15, 0.2) is 0 Å². The van der Waals surface area contributed by atoms with Crippen LogP contribution in [0.2, 0.25) is 0 Å². The molecule has 0 radical (unpaired) electrons. The van der Waals surface area contributed by atoms with Crippen molar-refractivity contribution >= 4 is 0 Å². The molecule has 0 bridgehead atoms. The summed E-state index contributed by atoms with van der Waals surface area (Å²) < 4.78 is 0. The van der Waals surface area contributed by atoms with Gasteiger partial charge in [0.1, 0.15) is 5.79 Å². The normalized spacial score (nSPS) is 47.3. The lowest BCUT2D eigenvalue weighted by Gasteiger charge is -2.50. The molecule has 0 aromatic carbocycles. The zero-order chi connectivity index (χ0) is 11.3. The summed E-state index contributed by atoms with van der Waals surface area (Å²) >= 11 is 0. The molecule has 4 aliphatic rings. The van der Waals surface area contributed by atoms with Crippen molar-refractivity contribution in [1.82, 2.24) is 14.7 Å². The molecule has 3 unspecified atom stereocenters. The van der Waals surface area contributed by atoms with Crippen molar-refractivity contribution in [2.24, 2.45) is 0 Å². The first-order valence-corrected chi connectivity index (χ1v) is 7.68. The zero-order valence-electron chi connectivity index (χ0n) is 10.9. The second-order valence-corrected chi connectivity index (χ2v) is 6.36. The van der Waals surface area contributed by atoms with Crippen LogP contribution >= 0.6 is 0 Å². The Morgan fingerprint density at radius 1 is 0.765 bits per heavy atom. The Morgan fingerprint density at radius 3 is 1.82 bits per heavy atom. The Hall–Kier alpha value is -0.120. The molecule has 0 saturated carbocycles. The average molecular weight is 235 g/mol. The van der Waals surface area contributed by atoms with Gasteiger partial charge in [0.2, 0.25) is 0 Å². The van der Waals surface area contributed by atoms with E-state index in [1.54, 1.807) is 0 Å². The van der Waals surface area contributed by atoms with E-state index >= 15 is 0 Å². The molecule has 0 aliphatic carbocycles. The standard InChI is InChI=1S/C14H25N3/c1-2-8-15(9-3-1)14(16-10-4-5-11-16)7-6-13-12-17(13)14/h13H,1-12H2. The molecule has 17 heavy (non-hydrogen) atoms.